The monoisotopic (exact) mass is 297 g/mol. The van der Waals surface area contributed by atoms with E-state index in [1.54, 1.807) is 18.2 Å². The van der Waals surface area contributed by atoms with Crippen molar-refractivity contribution in [3.8, 4) is 11.5 Å². The zero-order valence-electron chi connectivity index (χ0n) is 11.3. The van der Waals surface area contributed by atoms with Crippen molar-refractivity contribution in [3.05, 3.63) is 53.8 Å². The molecule has 1 N–H and O–H groups in total. The molecule has 6 heteroatoms. The van der Waals surface area contributed by atoms with E-state index in [2.05, 4.69) is 10.1 Å². The number of methoxy groups -OCH3 is 1. The number of alkyl halides is 2. The minimum absolute atomic E-state index is 0.0212. The second-order valence-electron chi connectivity index (χ2n) is 4.22. The van der Waals surface area contributed by atoms with Gasteiger partial charge in [0, 0.05) is 12.6 Å². The van der Waals surface area contributed by atoms with E-state index in [9.17, 15) is 13.2 Å². The first-order valence-electron chi connectivity index (χ1n) is 6.19. The highest BCUT2D eigenvalue weighted by molar-refractivity contribution is 5.60. The topological polar surface area (TPSA) is 30.5 Å². The fraction of sp³-hybridized carbons (Fsp3) is 0.200. The molecule has 0 aromatic heterocycles. The van der Waals surface area contributed by atoms with E-state index in [-0.39, 0.29) is 11.6 Å². The van der Waals surface area contributed by atoms with E-state index in [4.69, 9.17) is 4.74 Å². The van der Waals surface area contributed by atoms with Gasteiger partial charge in [-0.2, -0.15) is 8.78 Å². The van der Waals surface area contributed by atoms with Crippen molar-refractivity contribution >= 4 is 5.69 Å². The van der Waals surface area contributed by atoms with Crippen LogP contribution >= 0.6 is 0 Å². The Morgan fingerprint density at radius 1 is 1.10 bits per heavy atom. The quantitative estimate of drug-likeness (QED) is 0.872. The molecule has 3 nitrogen and oxygen atoms in total. The van der Waals surface area contributed by atoms with Crippen molar-refractivity contribution < 1.29 is 22.6 Å². The van der Waals surface area contributed by atoms with Crippen molar-refractivity contribution in [1.82, 2.24) is 0 Å². The molecule has 0 amide bonds. The lowest BCUT2D eigenvalue weighted by molar-refractivity contribution is -0.0494. The van der Waals surface area contributed by atoms with Crippen LogP contribution in [0.2, 0.25) is 0 Å². The molecular weight excluding hydrogens is 283 g/mol. The number of ether oxygens (including phenoxy) is 2. The van der Waals surface area contributed by atoms with Crippen LogP contribution in [0, 0.1) is 5.82 Å². The van der Waals surface area contributed by atoms with Crippen molar-refractivity contribution in [2.45, 2.75) is 13.2 Å². The molecule has 2 aromatic carbocycles. The molecule has 0 atom stereocenters. The number of anilines is 1. The third-order valence-electron chi connectivity index (χ3n) is 2.80. The predicted molar refractivity (Wildman–Crippen MR) is 73.4 cm³/mol. The molecule has 0 unspecified atom stereocenters. The number of nitrogens with one attached hydrogen (secondary N) is 1. The van der Waals surface area contributed by atoms with Crippen molar-refractivity contribution in [2.75, 3.05) is 12.4 Å². The van der Waals surface area contributed by atoms with Crippen LogP contribution < -0.4 is 14.8 Å². The van der Waals surface area contributed by atoms with Gasteiger partial charge in [-0.05, 0) is 29.8 Å². The Morgan fingerprint density at radius 2 is 1.81 bits per heavy atom. The van der Waals surface area contributed by atoms with Crippen LogP contribution in [0.1, 0.15) is 5.56 Å². The maximum absolute atomic E-state index is 12.8. The molecule has 0 aliphatic carbocycles. The van der Waals surface area contributed by atoms with Crippen LogP contribution in [0.5, 0.6) is 11.5 Å². The Hall–Kier alpha value is -2.37. The molecule has 0 radical (unpaired) electrons. The lowest BCUT2D eigenvalue weighted by Crippen LogP contribution is -2.07. The summed E-state index contributed by atoms with van der Waals surface area (Å²) in [6, 6.07) is 10.4. The molecular formula is C15H14F3NO2. The number of hydrogen-bond acceptors (Lipinski definition) is 3. The fourth-order valence-electron chi connectivity index (χ4n) is 1.77. The van der Waals surface area contributed by atoms with Crippen LogP contribution in [-0.2, 0) is 6.54 Å². The smallest absolute Gasteiger partial charge is 0.387 e. The normalized spacial score (nSPS) is 10.5. The van der Waals surface area contributed by atoms with Crippen LogP contribution in [0.15, 0.2) is 42.5 Å². The van der Waals surface area contributed by atoms with Crippen LogP contribution in [0.4, 0.5) is 18.9 Å². The largest absolute Gasteiger partial charge is 0.497 e. The van der Waals surface area contributed by atoms with E-state index in [0.717, 1.165) is 5.56 Å². The average molecular weight is 297 g/mol. The van der Waals surface area contributed by atoms with Crippen LogP contribution in [0.25, 0.3) is 0 Å². The van der Waals surface area contributed by atoms with Gasteiger partial charge in [-0.3, -0.25) is 0 Å². The van der Waals surface area contributed by atoms with Gasteiger partial charge in [0.1, 0.15) is 17.3 Å². The molecule has 0 spiro atoms. The maximum atomic E-state index is 12.8. The number of rotatable bonds is 6. The Labute approximate surface area is 120 Å². The van der Waals surface area contributed by atoms with Gasteiger partial charge >= 0.3 is 6.61 Å². The van der Waals surface area contributed by atoms with E-state index in [0.29, 0.717) is 18.0 Å². The molecule has 0 aliphatic rings. The third-order valence-corrected chi connectivity index (χ3v) is 2.80. The minimum atomic E-state index is -2.91. The van der Waals surface area contributed by atoms with Gasteiger partial charge in [-0.15, -0.1) is 0 Å². The summed E-state index contributed by atoms with van der Waals surface area (Å²) in [5.41, 5.74) is 1.18. The van der Waals surface area contributed by atoms with E-state index < -0.39 is 6.61 Å². The second-order valence-corrected chi connectivity index (χ2v) is 4.22. The van der Waals surface area contributed by atoms with Gasteiger partial charge in [-0.25, -0.2) is 4.39 Å². The summed E-state index contributed by atoms with van der Waals surface area (Å²) < 4.78 is 47.0. The van der Waals surface area contributed by atoms with Gasteiger partial charge in [0.25, 0.3) is 0 Å². The zero-order chi connectivity index (χ0) is 15.2. The molecule has 0 aliphatic heterocycles. The number of benzene rings is 2. The lowest BCUT2D eigenvalue weighted by Gasteiger charge is -2.14. The minimum Gasteiger partial charge on any atom is -0.497 e. The molecule has 0 heterocycles. The SMILES string of the molecule is COc1ccc(OC(F)F)c(NCc2ccc(F)cc2)c1. The van der Waals surface area contributed by atoms with Crippen molar-refractivity contribution in [1.29, 1.82) is 0 Å². The summed E-state index contributed by atoms with van der Waals surface area (Å²) in [5, 5.41) is 2.97. The molecule has 112 valence electrons. The summed E-state index contributed by atoms with van der Waals surface area (Å²) in [5.74, 6) is 0.202. The Morgan fingerprint density at radius 3 is 2.43 bits per heavy atom. The summed E-state index contributed by atoms with van der Waals surface area (Å²) >= 11 is 0. The molecule has 21 heavy (non-hydrogen) atoms. The predicted octanol–water partition coefficient (Wildman–Crippen LogP) is 4.05. The highest BCUT2D eigenvalue weighted by atomic mass is 19.3. The molecule has 0 saturated heterocycles. The van der Waals surface area contributed by atoms with Gasteiger partial charge < -0.3 is 14.8 Å². The number of hydrogen-bond donors (Lipinski definition) is 1. The van der Waals surface area contributed by atoms with Crippen molar-refractivity contribution in [3.63, 3.8) is 0 Å². The molecule has 0 bridgehead atoms. The summed E-state index contributed by atoms with van der Waals surface area (Å²) in [6.07, 6.45) is 0. The standard InChI is InChI=1S/C15H14F3NO2/c1-20-12-6-7-14(21-15(17)18)13(8-12)19-9-10-2-4-11(16)5-3-10/h2-8,15,19H,9H2,1H3. The second kappa shape index (κ2) is 6.88. The fourth-order valence-corrected chi connectivity index (χ4v) is 1.77. The van der Waals surface area contributed by atoms with E-state index in [1.165, 1.54) is 31.4 Å². The Kier molecular flexibility index (Phi) is 4.92. The highest BCUT2D eigenvalue weighted by Gasteiger charge is 2.11. The molecule has 2 rings (SSSR count). The van der Waals surface area contributed by atoms with Gasteiger partial charge in [0.2, 0.25) is 0 Å². The van der Waals surface area contributed by atoms with Crippen LogP contribution in [-0.4, -0.2) is 13.7 Å². The maximum Gasteiger partial charge on any atom is 0.387 e. The first kappa shape index (κ1) is 15.0. The summed E-state index contributed by atoms with van der Waals surface area (Å²) in [7, 11) is 1.48. The lowest BCUT2D eigenvalue weighted by atomic mass is 10.2. The molecule has 0 saturated carbocycles. The number of halogens is 3. The first-order valence-corrected chi connectivity index (χ1v) is 6.19. The van der Waals surface area contributed by atoms with E-state index >= 15 is 0 Å². The molecule has 0 fully saturated rings. The molecule has 2 aromatic rings. The van der Waals surface area contributed by atoms with Crippen molar-refractivity contribution in [2.24, 2.45) is 0 Å². The summed E-state index contributed by atoms with van der Waals surface area (Å²) in [4.78, 5) is 0. The zero-order valence-corrected chi connectivity index (χ0v) is 11.3. The van der Waals surface area contributed by atoms with Gasteiger partial charge in [0.15, 0.2) is 0 Å². The third kappa shape index (κ3) is 4.30. The first-order chi connectivity index (χ1) is 10.1. The van der Waals surface area contributed by atoms with Gasteiger partial charge in [0.05, 0.1) is 12.8 Å². The summed E-state index contributed by atoms with van der Waals surface area (Å²) in [6.45, 7) is -2.57. The van der Waals surface area contributed by atoms with Gasteiger partial charge in [-0.1, -0.05) is 12.1 Å². The highest BCUT2D eigenvalue weighted by Crippen LogP contribution is 2.30. The average Bonchev–Trinajstić information content (AvgIpc) is 2.47. The van der Waals surface area contributed by atoms with Crippen LogP contribution in [0.3, 0.4) is 0 Å². The Bertz CT molecular complexity index is 588. The Balaban J connectivity index is 2.14. The van der Waals surface area contributed by atoms with E-state index in [1.807, 2.05) is 0 Å².